The minimum Gasteiger partial charge on any atom is -0.378 e. The minimum atomic E-state index is 0.225. The zero-order valence-electron chi connectivity index (χ0n) is 16.6. The summed E-state index contributed by atoms with van der Waals surface area (Å²) in [5.41, 5.74) is 7.31. The van der Waals surface area contributed by atoms with Crippen LogP contribution in [0.25, 0.3) is 20.8 Å². The summed E-state index contributed by atoms with van der Waals surface area (Å²) >= 11 is 8.34. The number of thiazole rings is 1. The Bertz CT molecular complexity index is 1310. The van der Waals surface area contributed by atoms with Gasteiger partial charge in [-0.05, 0) is 72.4 Å². The van der Waals surface area contributed by atoms with Crippen LogP contribution in [0.2, 0.25) is 5.02 Å². The molecule has 148 valence electrons. The lowest BCUT2D eigenvalue weighted by molar-refractivity contribution is 0.426. The molecule has 0 saturated carbocycles. The molecule has 0 bridgehead atoms. The third-order valence-electron chi connectivity index (χ3n) is 6.39. The lowest BCUT2D eigenvalue weighted by Gasteiger charge is -2.38. The number of hydrogen-bond acceptors (Lipinski definition) is 3. The SMILES string of the molecule is Cc1ccc2nc(-c3ccc4c(c3)[C@@H]3C=CC[C@@H]3[C@H](c3ccccc3Cl)N4)sc2c1. The van der Waals surface area contributed by atoms with E-state index >= 15 is 0 Å². The summed E-state index contributed by atoms with van der Waals surface area (Å²) in [6, 6.07) is 21.7. The minimum absolute atomic E-state index is 0.225. The number of nitrogens with zero attached hydrogens (tertiary/aromatic N) is 1. The second-order valence-corrected chi connectivity index (χ2v) is 9.73. The number of fused-ring (bicyclic) bond motifs is 4. The third kappa shape index (κ3) is 2.88. The standard InChI is InChI=1S/C26H21ClN2S/c1-15-9-11-23-24(13-15)30-26(29-23)16-10-12-22-20(14-16)17-6-4-7-18(17)25(28-22)19-5-2-3-8-21(19)27/h2-6,8-14,17-18,25,28H,7H2,1H3/t17-,18+,25-/m1/s1. The van der Waals surface area contributed by atoms with Crippen LogP contribution >= 0.6 is 22.9 Å². The molecule has 1 aliphatic heterocycles. The molecule has 1 aromatic heterocycles. The third-order valence-corrected chi connectivity index (χ3v) is 7.81. The van der Waals surface area contributed by atoms with Crippen molar-refractivity contribution in [2.24, 2.45) is 5.92 Å². The van der Waals surface area contributed by atoms with Gasteiger partial charge < -0.3 is 5.32 Å². The first-order valence-corrected chi connectivity index (χ1v) is 11.6. The molecule has 0 radical (unpaired) electrons. The van der Waals surface area contributed by atoms with Gasteiger partial charge in [0.25, 0.3) is 0 Å². The van der Waals surface area contributed by atoms with Crippen molar-refractivity contribution in [3.8, 4) is 10.6 Å². The first kappa shape index (κ1) is 18.2. The fraction of sp³-hybridized carbons (Fsp3) is 0.192. The summed E-state index contributed by atoms with van der Waals surface area (Å²) in [4.78, 5) is 4.90. The molecule has 4 heteroatoms. The van der Waals surface area contributed by atoms with Gasteiger partial charge in [-0.3, -0.25) is 0 Å². The van der Waals surface area contributed by atoms with Gasteiger partial charge >= 0.3 is 0 Å². The van der Waals surface area contributed by atoms with E-state index in [1.807, 2.05) is 12.1 Å². The number of aromatic nitrogens is 1. The van der Waals surface area contributed by atoms with E-state index < -0.39 is 0 Å². The number of benzene rings is 3. The Morgan fingerprint density at radius 1 is 1.03 bits per heavy atom. The van der Waals surface area contributed by atoms with Crippen molar-refractivity contribution in [1.29, 1.82) is 0 Å². The summed E-state index contributed by atoms with van der Waals surface area (Å²) in [6.07, 6.45) is 5.76. The summed E-state index contributed by atoms with van der Waals surface area (Å²) < 4.78 is 1.25. The average Bonchev–Trinajstić information content (AvgIpc) is 3.40. The fourth-order valence-electron chi connectivity index (χ4n) is 4.92. The maximum atomic E-state index is 6.56. The van der Waals surface area contributed by atoms with E-state index in [1.165, 1.54) is 32.6 Å². The van der Waals surface area contributed by atoms with E-state index in [2.05, 4.69) is 72.9 Å². The number of halogens is 1. The Kier molecular flexibility index (Phi) is 4.22. The van der Waals surface area contributed by atoms with Crippen LogP contribution in [0.15, 0.2) is 72.8 Å². The molecule has 4 aromatic rings. The van der Waals surface area contributed by atoms with E-state index in [1.54, 1.807) is 11.3 Å². The van der Waals surface area contributed by atoms with Crippen LogP contribution in [0.4, 0.5) is 5.69 Å². The average molecular weight is 429 g/mol. The Morgan fingerprint density at radius 2 is 1.93 bits per heavy atom. The largest absolute Gasteiger partial charge is 0.378 e. The van der Waals surface area contributed by atoms with Crippen molar-refractivity contribution in [1.82, 2.24) is 4.98 Å². The molecule has 1 aliphatic carbocycles. The normalized spacial score (nSPS) is 22.0. The van der Waals surface area contributed by atoms with Crippen LogP contribution in [0.1, 0.15) is 35.1 Å². The predicted molar refractivity (Wildman–Crippen MR) is 128 cm³/mol. The molecule has 0 spiro atoms. The lowest BCUT2D eigenvalue weighted by Crippen LogP contribution is -2.29. The van der Waals surface area contributed by atoms with Crippen LogP contribution in [-0.4, -0.2) is 4.98 Å². The molecule has 30 heavy (non-hydrogen) atoms. The molecular weight excluding hydrogens is 408 g/mol. The van der Waals surface area contributed by atoms with Gasteiger partial charge in [0.1, 0.15) is 5.01 Å². The highest BCUT2D eigenvalue weighted by Crippen LogP contribution is 2.51. The quantitative estimate of drug-likeness (QED) is 0.330. The second-order valence-electron chi connectivity index (χ2n) is 8.29. The van der Waals surface area contributed by atoms with Crippen molar-refractivity contribution in [3.63, 3.8) is 0 Å². The van der Waals surface area contributed by atoms with E-state index in [0.717, 1.165) is 22.0 Å². The van der Waals surface area contributed by atoms with E-state index in [4.69, 9.17) is 16.6 Å². The zero-order chi connectivity index (χ0) is 20.2. The Hall–Kier alpha value is -2.62. The Labute approximate surface area is 185 Å². The van der Waals surface area contributed by atoms with Gasteiger partial charge in [-0.15, -0.1) is 11.3 Å². The monoisotopic (exact) mass is 428 g/mol. The van der Waals surface area contributed by atoms with E-state index in [9.17, 15) is 0 Å². The highest BCUT2D eigenvalue weighted by Gasteiger charge is 2.38. The van der Waals surface area contributed by atoms with Crippen LogP contribution in [0.3, 0.4) is 0 Å². The van der Waals surface area contributed by atoms with Gasteiger partial charge in [-0.2, -0.15) is 0 Å². The van der Waals surface area contributed by atoms with E-state index in [0.29, 0.717) is 11.8 Å². The summed E-state index contributed by atoms with van der Waals surface area (Å²) in [5.74, 6) is 0.879. The number of hydrogen-bond donors (Lipinski definition) is 1. The van der Waals surface area contributed by atoms with Gasteiger partial charge in [-0.1, -0.05) is 48.0 Å². The fourth-order valence-corrected chi connectivity index (χ4v) is 6.23. The molecule has 0 unspecified atom stereocenters. The molecule has 2 heterocycles. The summed E-state index contributed by atoms with van der Waals surface area (Å²) in [7, 11) is 0. The van der Waals surface area contributed by atoms with Gasteiger partial charge in [0.05, 0.1) is 16.3 Å². The van der Waals surface area contributed by atoms with Crippen LogP contribution in [0, 0.1) is 12.8 Å². The Morgan fingerprint density at radius 3 is 2.83 bits per heavy atom. The molecule has 3 aromatic carbocycles. The molecule has 0 amide bonds. The van der Waals surface area contributed by atoms with Gasteiger partial charge in [0.2, 0.25) is 0 Å². The molecule has 6 rings (SSSR count). The number of nitrogens with one attached hydrogen (secondary N) is 1. The topological polar surface area (TPSA) is 24.9 Å². The van der Waals surface area contributed by atoms with Crippen molar-refractivity contribution in [2.75, 3.05) is 5.32 Å². The highest BCUT2D eigenvalue weighted by atomic mass is 35.5. The van der Waals surface area contributed by atoms with Gasteiger partial charge in [-0.25, -0.2) is 4.98 Å². The lowest BCUT2D eigenvalue weighted by atomic mass is 9.76. The van der Waals surface area contributed by atoms with Crippen LogP contribution in [0.5, 0.6) is 0 Å². The molecule has 3 atom stereocenters. The number of anilines is 1. The zero-order valence-corrected chi connectivity index (χ0v) is 18.2. The first-order valence-electron chi connectivity index (χ1n) is 10.4. The molecule has 2 nitrogen and oxygen atoms in total. The van der Waals surface area contributed by atoms with Crippen molar-refractivity contribution >= 4 is 38.8 Å². The maximum absolute atomic E-state index is 6.56. The number of rotatable bonds is 2. The summed E-state index contributed by atoms with van der Waals surface area (Å²) in [5, 5.41) is 5.72. The molecular formula is C26H21ClN2S. The summed E-state index contributed by atoms with van der Waals surface area (Å²) in [6.45, 7) is 2.13. The van der Waals surface area contributed by atoms with Crippen molar-refractivity contribution in [2.45, 2.75) is 25.3 Å². The molecule has 1 N–H and O–H groups in total. The number of aryl methyl sites for hydroxylation is 1. The molecule has 2 aliphatic rings. The van der Waals surface area contributed by atoms with Gasteiger partial charge in [0.15, 0.2) is 0 Å². The predicted octanol–water partition coefficient (Wildman–Crippen LogP) is 7.75. The Balaban J connectivity index is 1.43. The van der Waals surface area contributed by atoms with Crippen molar-refractivity contribution < 1.29 is 0 Å². The smallest absolute Gasteiger partial charge is 0.124 e. The molecule has 0 fully saturated rings. The maximum Gasteiger partial charge on any atom is 0.124 e. The van der Waals surface area contributed by atoms with E-state index in [-0.39, 0.29) is 6.04 Å². The van der Waals surface area contributed by atoms with Crippen LogP contribution < -0.4 is 5.32 Å². The molecule has 0 saturated heterocycles. The highest BCUT2D eigenvalue weighted by molar-refractivity contribution is 7.21. The van der Waals surface area contributed by atoms with Crippen molar-refractivity contribution in [3.05, 3.63) is 94.5 Å². The number of allylic oxidation sites excluding steroid dienone is 2. The van der Waals surface area contributed by atoms with Gasteiger partial charge in [0, 0.05) is 22.2 Å². The second kappa shape index (κ2) is 6.97. The first-order chi connectivity index (χ1) is 14.7. The van der Waals surface area contributed by atoms with Crippen LogP contribution in [-0.2, 0) is 0 Å².